The minimum atomic E-state index is -1.03. The van der Waals surface area contributed by atoms with Crippen molar-refractivity contribution in [2.24, 2.45) is 0 Å². The number of carbonyl (C=O) groups excluding carboxylic acids is 3. The van der Waals surface area contributed by atoms with Crippen molar-refractivity contribution in [2.45, 2.75) is 6.92 Å². The van der Waals surface area contributed by atoms with E-state index < -0.39 is 17.7 Å². The standard InChI is InChI=1S/C24H16BrCl3N4O3/c1-12-9-15(6-7-16(12)25)29-22(33)20-11-13-10-14(26)5-8-19(13)32(20)31-24(35)23(34)30-18-4-2-3-17(27)21(18)28/h2-11H,1H3,(H,29,33)(H,30,34)(H,31,35). The average Bonchev–Trinajstić information content (AvgIpc) is 3.16. The van der Waals surface area contributed by atoms with Crippen LogP contribution in [0.25, 0.3) is 10.9 Å². The lowest BCUT2D eigenvalue weighted by atomic mass is 10.2. The van der Waals surface area contributed by atoms with E-state index in [0.29, 0.717) is 21.6 Å². The Hall–Kier alpha value is -3.04. The average molecular weight is 595 g/mol. The molecule has 7 nitrogen and oxygen atoms in total. The molecular formula is C24H16BrCl3N4O3. The number of carbonyl (C=O) groups is 3. The summed E-state index contributed by atoms with van der Waals surface area (Å²) in [7, 11) is 0. The van der Waals surface area contributed by atoms with E-state index in [9.17, 15) is 14.4 Å². The number of hydrogen-bond acceptors (Lipinski definition) is 3. The van der Waals surface area contributed by atoms with E-state index in [-0.39, 0.29) is 21.4 Å². The predicted octanol–water partition coefficient (Wildman–Crippen LogP) is 6.63. The van der Waals surface area contributed by atoms with Gasteiger partial charge in [0.15, 0.2) is 0 Å². The minimum Gasteiger partial charge on any atom is -0.321 e. The van der Waals surface area contributed by atoms with Crippen LogP contribution in [0.2, 0.25) is 15.1 Å². The Kier molecular flexibility index (Phi) is 7.37. The van der Waals surface area contributed by atoms with Crippen molar-refractivity contribution in [3.8, 4) is 0 Å². The highest BCUT2D eigenvalue weighted by molar-refractivity contribution is 9.10. The summed E-state index contributed by atoms with van der Waals surface area (Å²) >= 11 is 21.6. The van der Waals surface area contributed by atoms with Gasteiger partial charge in [0.05, 0.1) is 21.2 Å². The Labute approximate surface area is 223 Å². The van der Waals surface area contributed by atoms with Crippen LogP contribution in [-0.2, 0) is 9.59 Å². The van der Waals surface area contributed by atoms with Crippen LogP contribution in [0.5, 0.6) is 0 Å². The normalized spacial score (nSPS) is 10.8. The number of rotatable bonds is 4. The highest BCUT2D eigenvalue weighted by Gasteiger charge is 2.22. The summed E-state index contributed by atoms with van der Waals surface area (Å²) in [6, 6.07) is 16.4. The molecule has 0 spiro atoms. The first-order chi connectivity index (χ1) is 16.6. The van der Waals surface area contributed by atoms with E-state index in [1.54, 1.807) is 48.5 Å². The summed E-state index contributed by atoms with van der Waals surface area (Å²) in [4.78, 5) is 38.5. The van der Waals surface area contributed by atoms with Gasteiger partial charge in [-0.15, -0.1) is 0 Å². The van der Waals surface area contributed by atoms with E-state index in [1.807, 2.05) is 13.0 Å². The summed E-state index contributed by atoms with van der Waals surface area (Å²) in [6.07, 6.45) is 0. The zero-order chi connectivity index (χ0) is 25.3. The quantitative estimate of drug-likeness (QED) is 0.232. The van der Waals surface area contributed by atoms with Crippen LogP contribution in [-0.4, -0.2) is 22.4 Å². The van der Waals surface area contributed by atoms with Crippen LogP contribution in [0.4, 0.5) is 11.4 Å². The molecule has 0 radical (unpaired) electrons. The molecule has 4 rings (SSSR count). The number of aromatic nitrogens is 1. The molecule has 4 aromatic rings. The van der Waals surface area contributed by atoms with Gasteiger partial charge >= 0.3 is 11.8 Å². The van der Waals surface area contributed by atoms with E-state index >= 15 is 0 Å². The molecule has 3 N–H and O–H groups in total. The number of nitrogens with zero attached hydrogens (tertiary/aromatic N) is 1. The number of aryl methyl sites for hydroxylation is 1. The van der Waals surface area contributed by atoms with E-state index in [2.05, 4.69) is 32.0 Å². The van der Waals surface area contributed by atoms with Crippen molar-refractivity contribution in [3.05, 3.63) is 91.5 Å². The van der Waals surface area contributed by atoms with Gasteiger partial charge in [0, 0.05) is 20.6 Å². The SMILES string of the molecule is Cc1cc(NC(=O)c2cc3cc(Cl)ccc3n2NC(=O)C(=O)Nc2cccc(Cl)c2Cl)ccc1Br. The van der Waals surface area contributed by atoms with Crippen molar-refractivity contribution < 1.29 is 14.4 Å². The Balaban J connectivity index is 1.64. The number of hydrogen-bond donors (Lipinski definition) is 3. The molecule has 178 valence electrons. The Morgan fingerprint density at radius 1 is 0.886 bits per heavy atom. The molecule has 1 heterocycles. The summed E-state index contributed by atoms with van der Waals surface area (Å²) < 4.78 is 2.13. The van der Waals surface area contributed by atoms with Crippen LogP contribution < -0.4 is 16.1 Å². The number of amides is 3. The van der Waals surface area contributed by atoms with E-state index in [4.69, 9.17) is 34.8 Å². The molecule has 0 aliphatic carbocycles. The number of anilines is 2. The second-order valence-corrected chi connectivity index (χ2v) is 9.56. The second kappa shape index (κ2) is 10.3. The van der Waals surface area contributed by atoms with E-state index in [1.165, 1.54) is 10.7 Å². The number of fused-ring (bicyclic) bond motifs is 1. The van der Waals surface area contributed by atoms with Gasteiger partial charge in [-0.25, -0.2) is 4.68 Å². The number of halogens is 4. The van der Waals surface area contributed by atoms with Crippen LogP contribution in [0.3, 0.4) is 0 Å². The lowest BCUT2D eigenvalue weighted by molar-refractivity contribution is -0.133. The zero-order valence-electron chi connectivity index (χ0n) is 18.0. The van der Waals surface area contributed by atoms with Crippen molar-refractivity contribution in [1.82, 2.24) is 4.68 Å². The topological polar surface area (TPSA) is 92.2 Å². The molecule has 35 heavy (non-hydrogen) atoms. The summed E-state index contributed by atoms with van der Waals surface area (Å²) in [5.41, 5.74) is 4.69. The summed E-state index contributed by atoms with van der Waals surface area (Å²) in [5, 5.41) is 6.58. The first-order valence-electron chi connectivity index (χ1n) is 10.1. The van der Waals surface area contributed by atoms with E-state index in [0.717, 1.165) is 10.0 Å². The first-order valence-corrected chi connectivity index (χ1v) is 12.0. The second-order valence-electron chi connectivity index (χ2n) is 7.48. The smallest absolute Gasteiger partial charge is 0.321 e. The fourth-order valence-electron chi connectivity index (χ4n) is 3.32. The van der Waals surface area contributed by atoms with Gasteiger partial charge in [0.1, 0.15) is 5.69 Å². The molecular weight excluding hydrogens is 579 g/mol. The van der Waals surface area contributed by atoms with Crippen molar-refractivity contribution in [3.63, 3.8) is 0 Å². The fraction of sp³-hybridized carbons (Fsp3) is 0.0417. The first kappa shape index (κ1) is 25.1. The molecule has 0 saturated heterocycles. The molecule has 11 heteroatoms. The lowest BCUT2D eigenvalue weighted by Crippen LogP contribution is -2.36. The molecule has 0 fully saturated rings. The van der Waals surface area contributed by atoms with Gasteiger partial charge in [-0.3, -0.25) is 19.8 Å². The molecule has 1 aromatic heterocycles. The summed E-state index contributed by atoms with van der Waals surface area (Å²) in [5.74, 6) is -2.53. The third-order valence-corrected chi connectivity index (χ3v) is 6.98. The predicted molar refractivity (Wildman–Crippen MR) is 143 cm³/mol. The van der Waals surface area contributed by atoms with Gasteiger partial charge < -0.3 is 10.6 Å². The van der Waals surface area contributed by atoms with Gasteiger partial charge in [-0.05, 0) is 67.1 Å². The lowest BCUT2D eigenvalue weighted by Gasteiger charge is -2.13. The molecule has 0 bridgehead atoms. The maximum Gasteiger partial charge on any atom is 0.328 e. The van der Waals surface area contributed by atoms with Crippen LogP contribution in [0, 0.1) is 6.92 Å². The Morgan fingerprint density at radius 2 is 1.66 bits per heavy atom. The number of nitrogens with one attached hydrogen (secondary N) is 3. The number of benzene rings is 3. The highest BCUT2D eigenvalue weighted by atomic mass is 79.9. The van der Waals surface area contributed by atoms with Crippen molar-refractivity contribution >= 4 is 90.7 Å². The minimum absolute atomic E-state index is 0.0878. The van der Waals surface area contributed by atoms with Gasteiger partial charge in [0.2, 0.25) is 0 Å². The Bertz CT molecular complexity index is 1500. The maximum atomic E-state index is 13.1. The fourth-order valence-corrected chi connectivity index (χ4v) is 4.10. The highest BCUT2D eigenvalue weighted by Crippen LogP contribution is 2.29. The Morgan fingerprint density at radius 3 is 2.40 bits per heavy atom. The molecule has 0 saturated carbocycles. The third kappa shape index (κ3) is 5.46. The summed E-state index contributed by atoms with van der Waals surface area (Å²) in [6.45, 7) is 1.89. The van der Waals surface area contributed by atoms with Crippen molar-refractivity contribution in [2.75, 3.05) is 16.1 Å². The van der Waals surface area contributed by atoms with Crippen LogP contribution in [0.1, 0.15) is 16.1 Å². The largest absolute Gasteiger partial charge is 0.328 e. The molecule has 3 amide bonds. The van der Waals surface area contributed by atoms with Crippen molar-refractivity contribution in [1.29, 1.82) is 0 Å². The molecule has 0 atom stereocenters. The van der Waals surface area contributed by atoms with Gasteiger partial charge in [-0.2, -0.15) is 0 Å². The third-order valence-electron chi connectivity index (χ3n) is 5.03. The van der Waals surface area contributed by atoms with Crippen LogP contribution in [0.15, 0.2) is 65.1 Å². The van der Waals surface area contributed by atoms with Gasteiger partial charge in [-0.1, -0.05) is 56.8 Å². The molecule has 0 aliphatic rings. The molecule has 3 aromatic carbocycles. The monoisotopic (exact) mass is 592 g/mol. The van der Waals surface area contributed by atoms with Crippen LogP contribution >= 0.6 is 50.7 Å². The maximum absolute atomic E-state index is 13.1. The molecule has 0 unspecified atom stereocenters. The molecule has 0 aliphatic heterocycles. The zero-order valence-corrected chi connectivity index (χ0v) is 21.8. The van der Waals surface area contributed by atoms with Gasteiger partial charge in [0.25, 0.3) is 5.91 Å².